The lowest BCUT2D eigenvalue weighted by atomic mass is 10.2. The molecule has 0 bridgehead atoms. The first-order valence-electron chi connectivity index (χ1n) is 6.15. The molecule has 0 fully saturated rings. The van der Waals surface area contributed by atoms with Gasteiger partial charge in [0.05, 0.1) is 13.2 Å². The van der Waals surface area contributed by atoms with Crippen LogP contribution in [0.3, 0.4) is 0 Å². The Kier molecular flexibility index (Phi) is 10.5. The highest BCUT2D eigenvalue weighted by Gasteiger charge is 2.06. The smallest absolute Gasteiger partial charge is 0.320 e. The summed E-state index contributed by atoms with van der Waals surface area (Å²) in [7, 11) is 1.92. The minimum absolute atomic E-state index is 0.141. The molecule has 0 rings (SSSR count). The monoisotopic (exact) mass is 231 g/mol. The van der Waals surface area contributed by atoms with Gasteiger partial charge in [0.2, 0.25) is 0 Å². The minimum atomic E-state index is -0.141. The Labute approximate surface area is 98.6 Å². The van der Waals surface area contributed by atoms with Crippen LogP contribution in [-0.2, 0) is 9.53 Å². The number of nitrogens with zero attached hydrogens (tertiary/aromatic N) is 1. The molecule has 0 aliphatic heterocycles. The van der Waals surface area contributed by atoms with Crippen molar-refractivity contribution in [2.24, 2.45) is 0 Å². The van der Waals surface area contributed by atoms with E-state index in [2.05, 4.69) is 6.92 Å². The second kappa shape index (κ2) is 10.9. The molecule has 0 heterocycles. The number of ether oxygens (including phenoxy) is 1. The maximum Gasteiger partial charge on any atom is 0.320 e. The van der Waals surface area contributed by atoms with Crippen molar-refractivity contribution in [2.45, 2.75) is 39.0 Å². The molecule has 0 unspecified atom stereocenters. The molecule has 0 aromatic rings. The van der Waals surface area contributed by atoms with E-state index in [4.69, 9.17) is 9.84 Å². The fourth-order valence-electron chi connectivity index (χ4n) is 1.35. The van der Waals surface area contributed by atoms with E-state index >= 15 is 0 Å². The van der Waals surface area contributed by atoms with Gasteiger partial charge in [-0.1, -0.05) is 13.3 Å². The van der Waals surface area contributed by atoms with Crippen LogP contribution in [0.15, 0.2) is 0 Å². The minimum Gasteiger partial charge on any atom is -0.465 e. The molecular weight excluding hydrogens is 206 g/mol. The van der Waals surface area contributed by atoms with Crippen molar-refractivity contribution in [1.29, 1.82) is 0 Å². The summed E-state index contributed by atoms with van der Waals surface area (Å²) in [4.78, 5) is 13.3. The normalized spacial score (nSPS) is 10.8. The van der Waals surface area contributed by atoms with Gasteiger partial charge in [0.15, 0.2) is 0 Å². The molecule has 4 nitrogen and oxygen atoms in total. The first-order valence-corrected chi connectivity index (χ1v) is 6.15. The molecule has 4 heteroatoms. The molecule has 16 heavy (non-hydrogen) atoms. The zero-order chi connectivity index (χ0) is 12.2. The Morgan fingerprint density at radius 3 is 2.62 bits per heavy atom. The number of hydrogen-bond acceptors (Lipinski definition) is 4. The van der Waals surface area contributed by atoms with E-state index < -0.39 is 0 Å². The van der Waals surface area contributed by atoms with Gasteiger partial charge in [-0.25, -0.2) is 0 Å². The summed E-state index contributed by atoms with van der Waals surface area (Å²) in [5.41, 5.74) is 0. The lowest BCUT2D eigenvalue weighted by molar-refractivity contribution is -0.144. The van der Waals surface area contributed by atoms with Crippen molar-refractivity contribution < 1.29 is 14.6 Å². The molecule has 96 valence electrons. The Bertz CT molecular complexity index is 174. The molecule has 0 aromatic heterocycles. The second-order valence-electron chi connectivity index (χ2n) is 4.10. The first-order chi connectivity index (χ1) is 7.70. The topological polar surface area (TPSA) is 49.8 Å². The molecule has 0 saturated carbocycles. The molecule has 0 saturated heterocycles. The number of rotatable bonds is 10. The van der Waals surface area contributed by atoms with E-state index in [0.717, 1.165) is 38.6 Å². The standard InChI is InChI=1S/C12H25NO3/c1-3-4-10-16-12(15)11-13(2)8-6-5-7-9-14/h14H,3-11H2,1-2H3. The number of carbonyl (C=O) groups is 1. The van der Waals surface area contributed by atoms with E-state index in [1.807, 2.05) is 11.9 Å². The number of aliphatic hydroxyl groups excluding tert-OH is 1. The molecule has 0 aromatic carbocycles. The molecule has 0 atom stereocenters. The number of carbonyl (C=O) groups excluding carboxylic acids is 1. The predicted octanol–water partition coefficient (Wildman–Crippen LogP) is 1.42. The van der Waals surface area contributed by atoms with Crippen LogP contribution in [0.25, 0.3) is 0 Å². The van der Waals surface area contributed by atoms with Crippen molar-refractivity contribution in [3.63, 3.8) is 0 Å². The van der Waals surface area contributed by atoms with Crippen LogP contribution in [0.4, 0.5) is 0 Å². The van der Waals surface area contributed by atoms with Crippen LogP contribution < -0.4 is 0 Å². The van der Waals surface area contributed by atoms with Gasteiger partial charge in [-0.2, -0.15) is 0 Å². The van der Waals surface area contributed by atoms with Gasteiger partial charge in [-0.15, -0.1) is 0 Å². The molecule has 0 aliphatic carbocycles. The van der Waals surface area contributed by atoms with Crippen LogP contribution >= 0.6 is 0 Å². The van der Waals surface area contributed by atoms with Crippen LogP contribution in [0.1, 0.15) is 39.0 Å². The number of hydrogen-bond donors (Lipinski definition) is 1. The van der Waals surface area contributed by atoms with Crippen LogP contribution in [0.5, 0.6) is 0 Å². The lowest BCUT2D eigenvalue weighted by Crippen LogP contribution is -2.28. The van der Waals surface area contributed by atoms with Crippen LogP contribution in [0.2, 0.25) is 0 Å². The van der Waals surface area contributed by atoms with Gasteiger partial charge >= 0.3 is 5.97 Å². The Balaban J connectivity index is 3.39. The largest absolute Gasteiger partial charge is 0.465 e. The molecule has 0 spiro atoms. The second-order valence-corrected chi connectivity index (χ2v) is 4.10. The molecular formula is C12H25NO3. The van der Waals surface area contributed by atoms with Gasteiger partial charge in [-0.3, -0.25) is 9.69 Å². The molecule has 0 aliphatic rings. The van der Waals surface area contributed by atoms with E-state index in [1.165, 1.54) is 0 Å². The quantitative estimate of drug-likeness (QED) is 0.456. The van der Waals surface area contributed by atoms with Gasteiger partial charge < -0.3 is 9.84 Å². The third kappa shape index (κ3) is 9.93. The number of unbranched alkanes of at least 4 members (excludes halogenated alkanes) is 3. The van der Waals surface area contributed by atoms with Crippen molar-refractivity contribution >= 4 is 5.97 Å². The highest BCUT2D eigenvalue weighted by Crippen LogP contribution is 1.97. The molecule has 1 N–H and O–H groups in total. The van der Waals surface area contributed by atoms with Gasteiger partial charge in [0.1, 0.15) is 0 Å². The molecule has 0 amide bonds. The summed E-state index contributed by atoms with van der Waals surface area (Å²) >= 11 is 0. The van der Waals surface area contributed by atoms with Gasteiger partial charge in [-0.05, 0) is 39.3 Å². The lowest BCUT2D eigenvalue weighted by Gasteiger charge is -2.15. The summed E-state index contributed by atoms with van der Waals surface area (Å²) in [5.74, 6) is -0.141. The van der Waals surface area contributed by atoms with Crippen LogP contribution in [0, 0.1) is 0 Å². The van der Waals surface area contributed by atoms with Crippen molar-refractivity contribution in [2.75, 3.05) is 33.4 Å². The summed E-state index contributed by atoms with van der Waals surface area (Å²) in [6.07, 6.45) is 4.84. The summed E-state index contributed by atoms with van der Waals surface area (Å²) < 4.78 is 5.06. The molecule has 0 radical (unpaired) electrons. The Morgan fingerprint density at radius 1 is 1.25 bits per heavy atom. The Morgan fingerprint density at radius 2 is 2.00 bits per heavy atom. The summed E-state index contributed by atoms with van der Waals surface area (Å²) in [6, 6.07) is 0. The van der Waals surface area contributed by atoms with E-state index in [0.29, 0.717) is 13.2 Å². The van der Waals surface area contributed by atoms with E-state index in [-0.39, 0.29) is 12.6 Å². The Hall–Kier alpha value is -0.610. The SMILES string of the molecule is CCCCOC(=O)CN(C)CCCCCO. The van der Waals surface area contributed by atoms with Crippen molar-refractivity contribution in [3.8, 4) is 0 Å². The highest BCUT2D eigenvalue weighted by atomic mass is 16.5. The highest BCUT2D eigenvalue weighted by molar-refractivity contribution is 5.71. The van der Waals surface area contributed by atoms with Crippen molar-refractivity contribution in [3.05, 3.63) is 0 Å². The van der Waals surface area contributed by atoms with E-state index in [1.54, 1.807) is 0 Å². The zero-order valence-electron chi connectivity index (χ0n) is 10.6. The maximum absolute atomic E-state index is 11.3. The van der Waals surface area contributed by atoms with Crippen molar-refractivity contribution in [1.82, 2.24) is 4.90 Å². The van der Waals surface area contributed by atoms with Gasteiger partial charge in [0, 0.05) is 6.61 Å². The zero-order valence-corrected chi connectivity index (χ0v) is 10.6. The van der Waals surface area contributed by atoms with E-state index in [9.17, 15) is 4.79 Å². The number of likely N-dealkylation sites (N-methyl/N-ethyl adjacent to an activating group) is 1. The number of esters is 1. The van der Waals surface area contributed by atoms with Crippen LogP contribution in [-0.4, -0.2) is 49.3 Å². The maximum atomic E-state index is 11.3. The fraction of sp³-hybridized carbons (Fsp3) is 0.917. The number of aliphatic hydroxyl groups is 1. The third-order valence-electron chi connectivity index (χ3n) is 2.36. The third-order valence-corrected chi connectivity index (χ3v) is 2.36. The average Bonchev–Trinajstić information content (AvgIpc) is 2.25. The fourth-order valence-corrected chi connectivity index (χ4v) is 1.35. The first kappa shape index (κ1) is 15.4. The van der Waals surface area contributed by atoms with Gasteiger partial charge in [0.25, 0.3) is 0 Å². The average molecular weight is 231 g/mol. The summed E-state index contributed by atoms with van der Waals surface area (Å²) in [5, 5.41) is 8.61. The predicted molar refractivity (Wildman–Crippen MR) is 64.3 cm³/mol. The summed E-state index contributed by atoms with van der Waals surface area (Å²) in [6.45, 7) is 4.10.